The van der Waals surface area contributed by atoms with Gasteiger partial charge in [-0.05, 0) is 48.9 Å². The molecule has 1 aliphatic heterocycles. The second-order valence-corrected chi connectivity index (χ2v) is 10.6. The SMILES string of the molecule is CCCSc1ccc(-c2nn(-c3ccccc3)cc2/C=C2\SC(=S)N(CCCOC)C2=O)cc1. The molecule has 0 bridgehead atoms. The molecule has 0 spiro atoms. The maximum atomic E-state index is 13.1. The van der Waals surface area contributed by atoms with E-state index in [0.29, 0.717) is 22.4 Å². The minimum atomic E-state index is -0.0594. The Labute approximate surface area is 214 Å². The van der Waals surface area contributed by atoms with Gasteiger partial charge >= 0.3 is 0 Å². The predicted molar refractivity (Wildman–Crippen MR) is 146 cm³/mol. The van der Waals surface area contributed by atoms with Gasteiger partial charge in [0.15, 0.2) is 0 Å². The lowest BCUT2D eigenvalue weighted by atomic mass is 10.1. The number of ether oxygens (including phenoxy) is 1. The molecule has 1 aromatic heterocycles. The van der Waals surface area contributed by atoms with E-state index in [0.717, 1.165) is 41.1 Å². The minimum absolute atomic E-state index is 0.0594. The van der Waals surface area contributed by atoms with E-state index in [4.69, 9.17) is 22.1 Å². The standard InChI is InChI=1S/C26H27N3O2S3/c1-3-16-33-22-12-10-19(11-13-22)24-20(18-29(27-24)21-8-5-4-6-9-21)17-23-25(30)28(26(32)34-23)14-7-15-31-2/h4-6,8-13,17-18H,3,7,14-16H2,1-2H3/b23-17-. The van der Waals surface area contributed by atoms with E-state index in [1.165, 1.54) is 16.7 Å². The van der Waals surface area contributed by atoms with Crippen LogP contribution in [-0.4, -0.2) is 50.9 Å². The summed E-state index contributed by atoms with van der Waals surface area (Å²) in [6.07, 6.45) is 5.77. The Bertz CT molecular complexity index is 1170. The van der Waals surface area contributed by atoms with Crippen molar-refractivity contribution < 1.29 is 9.53 Å². The van der Waals surface area contributed by atoms with E-state index in [9.17, 15) is 4.79 Å². The molecule has 0 aliphatic carbocycles. The summed E-state index contributed by atoms with van der Waals surface area (Å²) >= 11 is 8.67. The number of hydrogen-bond donors (Lipinski definition) is 0. The van der Waals surface area contributed by atoms with Crippen LogP contribution in [0.25, 0.3) is 23.0 Å². The molecule has 0 N–H and O–H groups in total. The third-order valence-corrected chi connectivity index (χ3v) is 7.85. The van der Waals surface area contributed by atoms with Crippen LogP contribution in [0.1, 0.15) is 25.3 Å². The molecule has 2 heterocycles. The molecular weight excluding hydrogens is 483 g/mol. The van der Waals surface area contributed by atoms with Crippen molar-refractivity contribution >= 4 is 52.0 Å². The summed E-state index contributed by atoms with van der Waals surface area (Å²) in [5.74, 6) is 1.04. The summed E-state index contributed by atoms with van der Waals surface area (Å²) in [7, 11) is 1.66. The van der Waals surface area contributed by atoms with Crippen molar-refractivity contribution in [3.63, 3.8) is 0 Å². The largest absolute Gasteiger partial charge is 0.385 e. The van der Waals surface area contributed by atoms with Crippen molar-refractivity contribution in [2.24, 2.45) is 0 Å². The van der Waals surface area contributed by atoms with Crippen LogP contribution in [0.5, 0.6) is 0 Å². The van der Waals surface area contributed by atoms with Crippen LogP contribution in [0.4, 0.5) is 0 Å². The number of carbonyl (C=O) groups is 1. The monoisotopic (exact) mass is 509 g/mol. The molecule has 1 saturated heterocycles. The molecule has 4 rings (SSSR count). The van der Waals surface area contributed by atoms with E-state index >= 15 is 0 Å². The predicted octanol–water partition coefficient (Wildman–Crippen LogP) is 6.28. The van der Waals surface area contributed by atoms with Crippen molar-refractivity contribution in [3.8, 4) is 16.9 Å². The summed E-state index contributed by atoms with van der Waals surface area (Å²) in [6, 6.07) is 18.5. The van der Waals surface area contributed by atoms with Gasteiger partial charge in [-0.2, -0.15) is 5.10 Å². The van der Waals surface area contributed by atoms with Crippen molar-refractivity contribution in [2.75, 3.05) is 26.0 Å². The highest BCUT2D eigenvalue weighted by molar-refractivity contribution is 8.26. The lowest BCUT2D eigenvalue weighted by molar-refractivity contribution is -0.122. The Balaban J connectivity index is 1.68. The number of thiocarbonyl (C=S) groups is 1. The van der Waals surface area contributed by atoms with E-state index in [-0.39, 0.29) is 5.91 Å². The van der Waals surface area contributed by atoms with Crippen molar-refractivity contribution in [1.29, 1.82) is 0 Å². The van der Waals surface area contributed by atoms with Gasteiger partial charge in [-0.25, -0.2) is 4.68 Å². The van der Waals surface area contributed by atoms with Gasteiger partial charge in [-0.3, -0.25) is 9.69 Å². The van der Waals surface area contributed by atoms with E-state index in [2.05, 4.69) is 31.2 Å². The van der Waals surface area contributed by atoms with Crippen LogP contribution >= 0.6 is 35.7 Å². The number of carbonyl (C=O) groups excluding carboxylic acids is 1. The number of rotatable bonds is 10. The number of amides is 1. The molecule has 8 heteroatoms. The molecule has 5 nitrogen and oxygen atoms in total. The van der Waals surface area contributed by atoms with Crippen molar-refractivity contribution in [2.45, 2.75) is 24.7 Å². The zero-order chi connectivity index (χ0) is 23.9. The molecule has 0 atom stereocenters. The van der Waals surface area contributed by atoms with Gasteiger partial charge in [-0.1, -0.05) is 61.2 Å². The maximum Gasteiger partial charge on any atom is 0.266 e. The van der Waals surface area contributed by atoms with Gasteiger partial charge in [0, 0.05) is 42.5 Å². The van der Waals surface area contributed by atoms with Crippen LogP contribution < -0.4 is 0 Å². The number of nitrogens with zero attached hydrogens (tertiary/aromatic N) is 3. The van der Waals surface area contributed by atoms with E-state index < -0.39 is 0 Å². The fourth-order valence-electron chi connectivity index (χ4n) is 3.56. The topological polar surface area (TPSA) is 47.4 Å². The van der Waals surface area contributed by atoms with Gasteiger partial charge in [0.2, 0.25) is 0 Å². The first-order valence-electron chi connectivity index (χ1n) is 11.2. The lowest BCUT2D eigenvalue weighted by Crippen LogP contribution is -2.29. The zero-order valence-electron chi connectivity index (χ0n) is 19.3. The lowest BCUT2D eigenvalue weighted by Gasteiger charge is -2.13. The molecule has 0 unspecified atom stereocenters. The summed E-state index contributed by atoms with van der Waals surface area (Å²) in [4.78, 5) is 16.6. The van der Waals surface area contributed by atoms with Crippen LogP contribution in [0.2, 0.25) is 0 Å². The molecular formula is C26H27N3O2S3. The van der Waals surface area contributed by atoms with Crippen LogP contribution in [0.3, 0.4) is 0 Å². The number of aromatic nitrogens is 2. The Morgan fingerprint density at radius 2 is 1.91 bits per heavy atom. The average Bonchev–Trinajstić information content (AvgIpc) is 3.40. The molecule has 176 valence electrons. The minimum Gasteiger partial charge on any atom is -0.385 e. The number of benzene rings is 2. The summed E-state index contributed by atoms with van der Waals surface area (Å²) in [5.41, 5.74) is 3.69. The first kappa shape index (κ1) is 24.7. The smallest absolute Gasteiger partial charge is 0.266 e. The fourth-order valence-corrected chi connectivity index (χ4v) is 5.63. The molecule has 34 heavy (non-hydrogen) atoms. The van der Waals surface area contributed by atoms with Crippen LogP contribution in [-0.2, 0) is 9.53 Å². The Hall–Kier alpha value is -2.39. The van der Waals surface area contributed by atoms with Gasteiger partial charge in [-0.15, -0.1) is 11.8 Å². The van der Waals surface area contributed by atoms with Gasteiger partial charge in [0.05, 0.1) is 16.3 Å². The van der Waals surface area contributed by atoms with Crippen molar-refractivity contribution in [3.05, 3.63) is 71.3 Å². The van der Waals surface area contributed by atoms with Crippen LogP contribution in [0.15, 0.2) is 70.6 Å². The maximum absolute atomic E-state index is 13.1. The second-order valence-electron chi connectivity index (χ2n) is 7.77. The first-order valence-corrected chi connectivity index (χ1v) is 13.4. The number of hydrogen-bond acceptors (Lipinski definition) is 6. The quantitative estimate of drug-likeness (QED) is 0.139. The molecule has 0 saturated carbocycles. The number of para-hydroxylation sites is 1. The van der Waals surface area contributed by atoms with Crippen LogP contribution in [0, 0.1) is 0 Å². The Kier molecular flexibility index (Phi) is 8.61. The average molecular weight is 510 g/mol. The van der Waals surface area contributed by atoms with E-state index in [1.54, 1.807) is 12.0 Å². The summed E-state index contributed by atoms with van der Waals surface area (Å²) < 4.78 is 7.57. The summed E-state index contributed by atoms with van der Waals surface area (Å²) in [5, 5.41) is 4.89. The third-order valence-electron chi connectivity index (χ3n) is 5.25. The molecule has 1 amide bonds. The van der Waals surface area contributed by atoms with Crippen molar-refractivity contribution in [1.82, 2.24) is 14.7 Å². The van der Waals surface area contributed by atoms with Gasteiger partial charge in [0.25, 0.3) is 5.91 Å². The number of methoxy groups -OCH3 is 1. The first-order chi connectivity index (χ1) is 16.6. The number of thioether (sulfide) groups is 2. The second kappa shape index (κ2) is 11.8. The normalized spacial score (nSPS) is 15.0. The molecule has 2 aromatic carbocycles. The molecule has 3 aromatic rings. The third kappa shape index (κ3) is 5.81. The highest BCUT2D eigenvalue weighted by Gasteiger charge is 2.32. The molecule has 1 aliphatic rings. The summed E-state index contributed by atoms with van der Waals surface area (Å²) in [6.45, 7) is 3.34. The van der Waals surface area contributed by atoms with E-state index in [1.807, 2.05) is 59.0 Å². The highest BCUT2D eigenvalue weighted by Crippen LogP contribution is 2.35. The zero-order valence-corrected chi connectivity index (χ0v) is 21.7. The fraction of sp³-hybridized carbons (Fsp3) is 0.269. The Morgan fingerprint density at radius 3 is 2.62 bits per heavy atom. The van der Waals surface area contributed by atoms with Gasteiger partial charge in [0.1, 0.15) is 4.32 Å². The highest BCUT2D eigenvalue weighted by atomic mass is 32.2. The molecule has 1 fully saturated rings. The molecule has 0 radical (unpaired) electrons. The Morgan fingerprint density at radius 1 is 1.15 bits per heavy atom. The van der Waals surface area contributed by atoms with Gasteiger partial charge < -0.3 is 4.74 Å².